The number of aliphatic hydroxyl groups is 1. The molecule has 7 aliphatic rings. The number of halogens is 1. The summed E-state index contributed by atoms with van der Waals surface area (Å²) in [7, 11) is 1.64. The van der Waals surface area contributed by atoms with E-state index in [1.54, 1.807) is 31.1 Å². The topological polar surface area (TPSA) is 216 Å². The largest absolute Gasteiger partial charge is 0.486 e. The second-order valence-electron chi connectivity index (χ2n) is 23.6. The third kappa shape index (κ3) is 8.65. The average molecular weight is 1060 g/mol. The second-order valence-corrected chi connectivity index (χ2v) is 23.6. The van der Waals surface area contributed by atoms with Crippen molar-refractivity contribution in [1.29, 1.82) is 0 Å². The van der Waals surface area contributed by atoms with Crippen LogP contribution < -0.4 is 25.0 Å². The molecule has 3 saturated heterocycles. The molecule has 7 aromatic rings. The van der Waals surface area contributed by atoms with E-state index in [2.05, 4.69) is 64.9 Å². The summed E-state index contributed by atoms with van der Waals surface area (Å²) in [6.07, 6.45) is 10.5. The van der Waals surface area contributed by atoms with Gasteiger partial charge in [0.05, 0.1) is 30.1 Å². The lowest BCUT2D eigenvalue weighted by atomic mass is 9.34. The van der Waals surface area contributed by atoms with Crippen molar-refractivity contribution in [1.82, 2.24) is 60.5 Å². The number of aliphatic hydroxyl groups excluding tert-OH is 1. The van der Waals surface area contributed by atoms with Crippen LogP contribution in [-0.4, -0.2) is 137 Å². The highest BCUT2D eigenvalue weighted by Gasteiger charge is 2.69. The molecule has 3 aliphatic heterocycles. The van der Waals surface area contributed by atoms with Crippen LogP contribution in [0.3, 0.4) is 0 Å². The van der Waals surface area contributed by atoms with Crippen molar-refractivity contribution in [3.63, 3.8) is 0 Å². The number of piperazine rings is 1. The fourth-order valence-electron chi connectivity index (χ4n) is 13.7. The number of fused-ring (bicyclic) bond motifs is 4. The molecule has 4 saturated carbocycles. The molecule has 3 aromatic carbocycles. The van der Waals surface area contributed by atoms with Crippen LogP contribution in [0.25, 0.3) is 44.2 Å². The molecule has 4 aliphatic carbocycles. The summed E-state index contributed by atoms with van der Waals surface area (Å²) in [5, 5.41) is 40.2. The summed E-state index contributed by atoms with van der Waals surface area (Å²) in [5.41, 5.74) is 7.87. The number of aryl methyl sites for hydroxylation is 1. The van der Waals surface area contributed by atoms with Crippen LogP contribution in [0.15, 0.2) is 61.1 Å². The van der Waals surface area contributed by atoms with Gasteiger partial charge in [0.1, 0.15) is 48.1 Å². The Morgan fingerprint density at radius 3 is 2.53 bits per heavy atom. The van der Waals surface area contributed by atoms with E-state index in [1.807, 2.05) is 51.2 Å². The highest BCUT2D eigenvalue weighted by atomic mass is 19.1. The first-order valence-electron chi connectivity index (χ1n) is 27.8. The minimum atomic E-state index is -0.820. The fourth-order valence-corrected chi connectivity index (χ4v) is 13.7. The van der Waals surface area contributed by atoms with E-state index in [1.165, 1.54) is 16.7 Å². The minimum absolute atomic E-state index is 0.0549. The van der Waals surface area contributed by atoms with Crippen LogP contribution in [0.5, 0.6) is 11.8 Å². The number of hydrogen-bond acceptors (Lipinski definition) is 14. The Balaban J connectivity index is 0.771. The quantitative estimate of drug-likeness (QED) is 0.0648. The Morgan fingerprint density at radius 1 is 1.00 bits per heavy atom. The molecule has 7 fully saturated rings. The zero-order chi connectivity index (χ0) is 53.8. The number of nitrogens with one attached hydrogen (secondary N) is 3. The maximum absolute atomic E-state index is 16.1. The lowest BCUT2D eigenvalue weighted by Crippen LogP contribution is -2.69. The predicted molar refractivity (Wildman–Crippen MR) is 289 cm³/mol. The molecule has 19 nitrogen and oxygen atoms in total. The van der Waals surface area contributed by atoms with Gasteiger partial charge in [0.15, 0.2) is 5.75 Å². The van der Waals surface area contributed by atoms with Gasteiger partial charge in [-0.25, -0.2) is 9.07 Å². The lowest BCUT2D eigenvalue weighted by Gasteiger charge is -2.70. The van der Waals surface area contributed by atoms with Gasteiger partial charge in [-0.3, -0.25) is 19.4 Å². The van der Waals surface area contributed by atoms with Crippen molar-refractivity contribution in [2.75, 3.05) is 44.8 Å². The van der Waals surface area contributed by atoms with E-state index in [0.29, 0.717) is 46.2 Å². The Bertz CT molecular complexity index is 3440. The number of aromatic amines is 1. The molecule has 408 valence electrons. The maximum Gasteiger partial charge on any atom is 0.319 e. The molecule has 4 bridgehead atoms. The van der Waals surface area contributed by atoms with Crippen LogP contribution in [0.2, 0.25) is 0 Å². The van der Waals surface area contributed by atoms with Crippen LogP contribution in [0.4, 0.5) is 10.2 Å². The number of hydrogen-bond donors (Lipinski definition) is 4. The van der Waals surface area contributed by atoms with Gasteiger partial charge < -0.3 is 39.8 Å². The highest BCUT2D eigenvalue weighted by Crippen LogP contribution is 2.73. The van der Waals surface area contributed by atoms with Gasteiger partial charge in [-0.15, -0.1) is 5.10 Å². The molecule has 0 radical (unpaired) electrons. The van der Waals surface area contributed by atoms with Crippen molar-refractivity contribution in [2.24, 2.45) is 11.3 Å². The van der Waals surface area contributed by atoms with E-state index in [0.717, 1.165) is 97.0 Å². The van der Waals surface area contributed by atoms with Crippen molar-refractivity contribution in [3.05, 3.63) is 89.3 Å². The Labute approximate surface area is 451 Å². The molecule has 0 unspecified atom stereocenters. The predicted octanol–water partition coefficient (Wildman–Crippen LogP) is 6.91. The first kappa shape index (κ1) is 50.5. The second kappa shape index (κ2) is 19.4. The van der Waals surface area contributed by atoms with Gasteiger partial charge in [-0.1, -0.05) is 43.3 Å². The molecule has 14 rings (SSSR count). The summed E-state index contributed by atoms with van der Waals surface area (Å²) in [4.78, 5) is 42.6. The van der Waals surface area contributed by atoms with Gasteiger partial charge in [0.25, 0.3) is 0 Å². The average Bonchev–Trinajstić information content (AvgIpc) is 3.63. The van der Waals surface area contributed by atoms with Crippen LogP contribution in [-0.2, 0) is 32.9 Å². The summed E-state index contributed by atoms with van der Waals surface area (Å²) >= 11 is 0. The summed E-state index contributed by atoms with van der Waals surface area (Å²) < 4.78 is 38.7. The van der Waals surface area contributed by atoms with Crippen LogP contribution in [0, 0.1) is 24.1 Å². The number of anilines is 1. The summed E-state index contributed by atoms with van der Waals surface area (Å²) in [6.45, 7) is 13.2. The SMILES string of the molecule is CCn1nccc1C12CC(CNC(=O)[C@@H]3C[C@@H](O)CN3C(=O)[C@H](C(C)C)n3cc(-c4ccc(COc5c(-c6c(C)c(F)cc7[nH]ncc67)c(C6CC6)cc6c(N7C[C@@H]8C[C@H]7CN8)nc(OC[C@H](C)OC)nc56)cc4)nn3)(C1)C2. The van der Waals surface area contributed by atoms with E-state index >= 15 is 4.39 Å². The number of methoxy groups -OCH3 is 1. The molecule has 4 aromatic heterocycles. The van der Waals surface area contributed by atoms with Crippen molar-refractivity contribution >= 4 is 39.4 Å². The van der Waals surface area contributed by atoms with E-state index in [9.17, 15) is 14.7 Å². The molecule has 2 amide bonds. The molecule has 4 N–H and O–H groups in total. The standard InChI is InChI=1S/C58H68FN13O6/c1-7-71-47(14-15-63-71)58-27-57(28-58,29-58)30-61-54(74)46-17-39(73)23-70(46)55(75)51(31(2)3)72-24-45(67-68-72)36-10-8-34(9-11-36)26-77-52-49(48-33(5)43(59)19-44-42(48)21-62-66-44)40(35-12-13-35)18-41-50(52)64-56(78-25-32(4)76-6)65-53(41)69-22-37-16-38(69)20-60-37/h8-11,14-15,18-19,21,24,31-32,35,37-39,46,51,60,73H,7,12-13,16-17,20,22-23,25-30H2,1-6H3,(H,61,74)(H,62,66)/t32-,37-,38-,39+,46-,51-,57?,58?/m0/s1. The summed E-state index contributed by atoms with van der Waals surface area (Å²) in [5.74, 6) is 0.455. The zero-order valence-electron chi connectivity index (χ0n) is 45.1. The van der Waals surface area contributed by atoms with E-state index < -0.39 is 18.2 Å². The van der Waals surface area contributed by atoms with Crippen molar-refractivity contribution in [2.45, 2.75) is 140 Å². The van der Waals surface area contributed by atoms with Gasteiger partial charge >= 0.3 is 6.01 Å². The van der Waals surface area contributed by atoms with Gasteiger partial charge in [0.2, 0.25) is 11.8 Å². The van der Waals surface area contributed by atoms with Gasteiger partial charge in [-0.05, 0) is 111 Å². The van der Waals surface area contributed by atoms with Crippen molar-refractivity contribution in [3.8, 4) is 34.1 Å². The van der Waals surface area contributed by atoms with Crippen LogP contribution >= 0.6 is 0 Å². The van der Waals surface area contributed by atoms with E-state index in [4.69, 9.17) is 24.2 Å². The number of carbonyl (C=O) groups is 2. The maximum atomic E-state index is 16.1. The Hall–Kier alpha value is -7.03. The van der Waals surface area contributed by atoms with Gasteiger partial charge in [-0.2, -0.15) is 20.2 Å². The number of nitrogens with zero attached hydrogens (tertiary/aromatic N) is 10. The normalized spacial score (nSPS) is 25.0. The first-order chi connectivity index (χ1) is 37.7. The summed E-state index contributed by atoms with van der Waals surface area (Å²) in [6, 6.07) is 12.9. The fraction of sp³-hybridized carbons (Fsp3) is 0.517. The molecule has 7 heterocycles. The zero-order valence-corrected chi connectivity index (χ0v) is 45.1. The minimum Gasteiger partial charge on any atom is -0.486 e. The molecule has 20 heteroatoms. The molecule has 6 atom stereocenters. The molecule has 0 spiro atoms. The number of carbonyl (C=O) groups excluding carboxylic acids is 2. The van der Waals surface area contributed by atoms with E-state index in [-0.39, 0.29) is 84.6 Å². The molecule has 78 heavy (non-hydrogen) atoms. The third-order valence-corrected chi connectivity index (χ3v) is 17.8. The smallest absolute Gasteiger partial charge is 0.319 e. The lowest BCUT2D eigenvalue weighted by molar-refractivity contribution is -0.152. The molecular formula is C58H68FN13O6. The number of benzene rings is 3. The third-order valence-electron chi connectivity index (χ3n) is 17.8. The number of H-pyrrole nitrogens is 1. The van der Waals surface area contributed by atoms with Gasteiger partial charge in [0, 0.05) is 103 Å². The number of rotatable bonds is 19. The number of ether oxygens (including phenoxy) is 3. The highest BCUT2D eigenvalue weighted by molar-refractivity contribution is 6.06. The Morgan fingerprint density at radius 2 is 1.81 bits per heavy atom. The number of β-amino-alcohol motifs (C(OH)–C–C–N with tert-alkyl or cyclic N) is 1. The number of aromatic nitrogens is 9. The molecular weight excluding hydrogens is 994 g/mol. The number of amides is 2. The van der Waals surface area contributed by atoms with Crippen LogP contribution in [0.1, 0.15) is 107 Å². The van der Waals surface area contributed by atoms with Crippen molar-refractivity contribution < 1.29 is 33.3 Å². The number of likely N-dealkylation sites (tertiary alicyclic amines) is 1. The first-order valence-corrected chi connectivity index (χ1v) is 27.8. The Kier molecular flexibility index (Phi) is 12.6. The monoisotopic (exact) mass is 1060 g/mol.